The van der Waals surface area contributed by atoms with Gasteiger partial charge in [0.1, 0.15) is 0 Å². The number of aromatic nitrogens is 1. The van der Waals surface area contributed by atoms with Crippen LogP contribution in [-0.4, -0.2) is 10.2 Å². The molecule has 0 aliphatic rings. The van der Waals surface area contributed by atoms with Crippen molar-refractivity contribution in [2.75, 3.05) is 0 Å². The van der Waals surface area contributed by atoms with E-state index in [0.717, 1.165) is 5.69 Å². The van der Waals surface area contributed by atoms with Gasteiger partial charge in [-0.3, -0.25) is 4.79 Å². The molecule has 1 rings (SSSR count). The summed E-state index contributed by atoms with van der Waals surface area (Å²) in [4.78, 5) is 14.1. The van der Waals surface area contributed by atoms with Gasteiger partial charge in [0.2, 0.25) is 5.24 Å². The molecular weight excluding hydrogens is 193 g/mol. The Balaban J connectivity index is 0.000000810. The first-order valence-electron chi connectivity index (χ1n) is 2.34. The van der Waals surface area contributed by atoms with Crippen LogP contribution in [0.5, 0.6) is 0 Å². The van der Waals surface area contributed by atoms with Crippen LogP contribution in [0, 0.1) is 0 Å². The monoisotopic (exact) mass is 197 g/mol. The van der Waals surface area contributed by atoms with E-state index in [9.17, 15) is 4.79 Å². The Labute approximate surface area is 73.6 Å². The first-order chi connectivity index (χ1) is 4.29. The molecule has 0 bridgehead atoms. The fourth-order valence-corrected chi connectivity index (χ4v) is 1.16. The lowest BCUT2D eigenvalue weighted by atomic mass is 10.4. The maximum Gasteiger partial charge on any atom is 0.227 e. The number of carbonyl (C=O) groups is 1. The molecule has 5 heteroatoms. The second kappa shape index (κ2) is 4.66. The molecule has 0 radical (unpaired) electrons. The average Bonchev–Trinajstić information content (AvgIpc) is 2.15. The average molecular weight is 198 g/mol. The Kier molecular flexibility index (Phi) is 4.60. The van der Waals surface area contributed by atoms with Crippen LogP contribution < -0.4 is 0 Å². The van der Waals surface area contributed by atoms with Crippen molar-refractivity contribution in [2.24, 2.45) is 0 Å². The van der Waals surface area contributed by atoms with Gasteiger partial charge < -0.3 is 0 Å². The molecule has 0 saturated heterocycles. The molecule has 1 aromatic heterocycles. The summed E-state index contributed by atoms with van der Waals surface area (Å²) in [6, 6.07) is 0. The molecule has 0 unspecified atom stereocenters. The Morgan fingerprint density at radius 3 is 2.90 bits per heavy atom. The first-order valence-corrected chi connectivity index (χ1v) is 3.66. The van der Waals surface area contributed by atoms with Gasteiger partial charge in [0.15, 0.2) is 0 Å². The number of nitrogens with zero attached hydrogens (tertiary/aromatic N) is 1. The molecule has 0 fully saturated rings. The number of halogens is 2. The minimum atomic E-state index is -0.360. The Morgan fingerprint density at radius 2 is 2.50 bits per heavy atom. The number of hydrogen-bond acceptors (Lipinski definition) is 3. The van der Waals surface area contributed by atoms with Crippen molar-refractivity contribution < 1.29 is 4.79 Å². The highest BCUT2D eigenvalue weighted by Crippen LogP contribution is 2.02. The van der Waals surface area contributed by atoms with Crippen LogP contribution in [0.4, 0.5) is 0 Å². The van der Waals surface area contributed by atoms with Crippen LogP contribution in [0.3, 0.4) is 0 Å². The zero-order chi connectivity index (χ0) is 6.69. The lowest BCUT2D eigenvalue weighted by Crippen LogP contribution is -1.92. The minimum Gasteiger partial charge on any atom is -0.281 e. The second-order valence-electron chi connectivity index (χ2n) is 1.51. The number of hydrogen-bond donors (Lipinski definition) is 0. The van der Waals surface area contributed by atoms with Crippen molar-refractivity contribution in [3.05, 3.63) is 16.6 Å². The molecule has 2 nitrogen and oxygen atoms in total. The summed E-state index contributed by atoms with van der Waals surface area (Å²) in [5.41, 5.74) is 2.43. The molecular formula is C5H5Cl2NOS. The summed E-state index contributed by atoms with van der Waals surface area (Å²) in [6.07, 6.45) is 0.241. The van der Waals surface area contributed by atoms with Crippen molar-refractivity contribution in [3.63, 3.8) is 0 Å². The molecule has 56 valence electrons. The summed E-state index contributed by atoms with van der Waals surface area (Å²) in [5.74, 6) is 0. The molecule has 10 heavy (non-hydrogen) atoms. The number of rotatable bonds is 2. The Morgan fingerprint density at radius 1 is 1.80 bits per heavy atom. The van der Waals surface area contributed by atoms with E-state index >= 15 is 0 Å². The maximum atomic E-state index is 10.2. The van der Waals surface area contributed by atoms with E-state index in [1.807, 2.05) is 0 Å². The smallest absolute Gasteiger partial charge is 0.227 e. The van der Waals surface area contributed by atoms with E-state index in [0.29, 0.717) is 0 Å². The minimum absolute atomic E-state index is 0. The predicted octanol–water partition coefficient (Wildman–Crippen LogP) is 1.87. The zero-order valence-electron chi connectivity index (χ0n) is 4.91. The Bertz CT molecular complexity index is 199. The van der Waals surface area contributed by atoms with Crippen molar-refractivity contribution in [1.82, 2.24) is 4.98 Å². The molecule has 0 aliphatic heterocycles. The molecule has 0 saturated carbocycles. The third-order valence-electron chi connectivity index (χ3n) is 0.804. The maximum absolute atomic E-state index is 10.2. The van der Waals surface area contributed by atoms with Crippen LogP contribution >= 0.6 is 35.3 Å². The van der Waals surface area contributed by atoms with Crippen LogP contribution in [0.25, 0.3) is 0 Å². The highest BCUT2D eigenvalue weighted by atomic mass is 35.5. The molecule has 1 aromatic rings. The van der Waals surface area contributed by atoms with Crippen molar-refractivity contribution in [1.29, 1.82) is 0 Å². The van der Waals surface area contributed by atoms with Gasteiger partial charge in [-0.25, -0.2) is 4.98 Å². The van der Waals surface area contributed by atoms with Gasteiger partial charge in [0.25, 0.3) is 0 Å². The van der Waals surface area contributed by atoms with Crippen LogP contribution in [-0.2, 0) is 11.2 Å². The van der Waals surface area contributed by atoms with Gasteiger partial charge in [-0.15, -0.1) is 23.7 Å². The normalized spacial score (nSPS) is 8.50. The van der Waals surface area contributed by atoms with Crippen LogP contribution in [0.1, 0.15) is 5.69 Å². The van der Waals surface area contributed by atoms with Gasteiger partial charge in [0.05, 0.1) is 17.6 Å². The van der Waals surface area contributed by atoms with E-state index < -0.39 is 0 Å². The standard InChI is InChI=1S/C5H4ClNOS.ClH/c6-5(8)1-4-2-9-3-7-4;/h2-3H,1H2;1H. The number of thiazole rings is 1. The highest BCUT2D eigenvalue weighted by molar-refractivity contribution is 7.07. The fourth-order valence-electron chi connectivity index (χ4n) is 0.467. The van der Waals surface area contributed by atoms with E-state index in [-0.39, 0.29) is 24.1 Å². The first kappa shape index (κ1) is 9.88. The van der Waals surface area contributed by atoms with E-state index in [2.05, 4.69) is 4.98 Å². The topological polar surface area (TPSA) is 30.0 Å². The van der Waals surface area contributed by atoms with Crippen LogP contribution in [0.15, 0.2) is 10.9 Å². The van der Waals surface area contributed by atoms with E-state index in [4.69, 9.17) is 11.6 Å². The largest absolute Gasteiger partial charge is 0.281 e. The second-order valence-corrected chi connectivity index (χ2v) is 2.65. The fraction of sp³-hybridized carbons (Fsp3) is 0.200. The molecule has 0 atom stereocenters. The Hall–Kier alpha value is -0.120. The number of carbonyl (C=O) groups excluding carboxylic acids is 1. The summed E-state index contributed by atoms with van der Waals surface area (Å²) in [7, 11) is 0. The molecule has 0 N–H and O–H groups in total. The lowest BCUT2D eigenvalue weighted by molar-refractivity contribution is -0.111. The van der Waals surface area contributed by atoms with Gasteiger partial charge >= 0.3 is 0 Å². The van der Waals surface area contributed by atoms with Crippen molar-refractivity contribution >= 4 is 40.6 Å². The van der Waals surface area contributed by atoms with Crippen LogP contribution in [0.2, 0.25) is 0 Å². The molecule has 0 spiro atoms. The van der Waals surface area contributed by atoms with Gasteiger partial charge in [0, 0.05) is 5.38 Å². The van der Waals surface area contributed by atoms with Crippen molar-refractivity contribution in [2.45, 2.75) is 6.42 Å². The summed E-state index contributed by atoms with van der Waals surface area (Å²) in [5, 5.41) is 1.45. The lowest BCUT2D eigenvalue weighted by Gasteiger charge is -1.83. The summed E-state index contributed by atoms with van der Waals surface area (Å²) in [6.45, 7) is 0. The third-order valence-corrected chi connectivity index (χ3v) is 1.57. The van der Waals surface area contributed by atoms with Gasteiger partial charge in [-0.05, 0) is 11.6 Å². The molecule has 0 amide bonds. The molecule has 1 heterocycles. The summed E-state index contributed by atoms with van der Waals surface area (Å²) >= 11 is 6.55. The van der Waals surface area contributed by atoms with E-state index in [1.165, 1.54) is 11.3 Å². The molecule has 0 aliphatic carbocycles. The quantitative estimate of drug-likeness (QED) is 0.679. The highest BCUT2D eigenvalue weighted by Gasteiger charge is 1.99. The third kappa shape index (κ3) is 3.15. The van der Waals surface area contributed by atoms with Gasteiger partial charge in [-0.2, -0.15) is 0 Å². The van der Waals surface area contributed by atoms with E-state index in [1.54, 1.807) is 10.9 Å². The molecule has 0 aromatic carbocycles. The predicted molar refractivity (Wildman–Crippen MR) is 43.9 cm³/mol. The zero-order valence-corrected chi connectivity index (χ0v) is 7.30. The van der Waals surface area contributed by atoms with Crippen molar-refractivity contribution in [3.8, 4) is 0 Å². The SMILES string of the molecule is Cl.O=C(Cl)Cc1cscn1. The summed E-state index contributed by atoms with van der Waals surface area (Å²) < 4.78 is 0. The van der Waals surface area contributed by atoms with Gasteiger partial charge in [-0.1, -0.05) is 0 Å².